The van der Waals surface area contributed by atoms with Gasteiger partial charge in [-0.2, -0.15) is 0 Å². The van der Waals surface area contributed by atoms with Crippen molar-refractivity contribution in [2.75, 3.05) is 7.11 Å². The quantitative estimate of drug-likeness (QED) is 0.780. The monoisotopic (exact) mass is 212 g/mol. The van der Waals surface area contributed by atoms with Crippen LogP contribution < -0.4 is 0 Å². The van der Waals surface area contributed by atoms with Gasteiger partial charge in [-0.1, -0.05) is 12.8 Å². The third kappa shape index (κ3) is 2.03. The van der Waals surface area contributed by atoms with Crippen LogP contribution in [0.5, 0.6) is 0 Å². The number of carbonyl (C=O) groups is 1. The van der Waals surface area contributed by atoms with Crippen molar-refractivity contribution in [3.8, 4) is 0 Å². The first-order valence-corrected chi connectivity index (χ1v) is 5.99. The van der Waals surface area contributed by atoms with Crippen molar-refractivity contribution in [2.24, 2.45) is 17.8 Å². The Morgan fingerprint density at radius 3 is 2.47 bits per heavy atom. The Labute approximate surface area is 90.8 Å². The van der Waals surface area contributed by atoms with E-state index in [4.69, 9.17) is 9.84 Å². The average Bonchev–Trinajstić information content (AvgIpc) is 2.85. The Bertz CT molecular complexity index is 239. The summed E-state index contributed by atoms with van der Waals surface area (Å²) in [7, 11) is 1.76. The topological polar surface area (TPSA) is 46.5 Å². The molecule has 0 spiro atoms. The molecule has 0 aromatic heterocycles. The lowest BCUT2D eigenvalue weighted by Gasteiger charge is -2.27. The average molecular weight is 212 g/mol. The lowest BCUT2D eigenvalue weighted by molar-refractivity contribution is -0.144. The maximum absolute atomic E-state index is 11.1. The van der Waals surface area contributed by atoms with Crippen molar-refractivity contribution < 1.29 is 14.6 Å². The Hall–Kier alpha value is -0.570. The molecular weight excluding hydrogens is 192 g/mol. The fourth-order valence-electron chi connectivity index (χ4n) is 3.54. The van der Waals surface area contributed by atoms with Gasteiger partial charge < -0.3 is 9.84 Å². The molecule has 15 heavy (non-hydrogen) atoms. The highest BCUT2D eigenvalue weighted by Gasteiger charge is 2.42. The van der Waals surface area contributed by atoms with E-state index in [1.165, 1.54) is 6.42 Å². The smallest absolute Gasteiger partial charge is 0.306 e. The zero-order chi connectivity index (χ0) is 10.8. The van der Waals surface area contributed by atoms with Crippen LogP contribution in [0, 0.1) is 17.8 Å². The Morgan fingerprint density at radius 2 is 1.80 bits per heavy atom. The highest BCUT2D eigenvalue weighted by atomic mass is 16.5. The number of ether oxygens (including phenoxy) is 1. The molecule has 0 aliphatic heterocycles. The van der Waals surface area contributed by atoms with Gasteiger partial charge in [0.2, 0.25) is 0 Å². The molecule has 1 N–H and O–H groups in total. The number of carboxylic acids is 1. The number of methoxy groups -OCH3 is 1. The summed E-state index contributed by atoms with van der Waals surface area (Å²) < 4.78 is 5.47. The van der Waals surface area contributed by atoms with Gasteiger partial charge in [-0.15, -0.1) is 0 Å². The molecule has 0 bridgehead atoms. The minimum Gasteiger partial charge on any atom is -0.481 e. The van der Waals surface area contributed by atoms with E-state index in [0.717, 1.165) is 32.1 Å². The molecule has 0 aromatic rings. The zero-order valence-corrected chi connectivity index (χ0v) is 9.32. The summed E-state index contributed by atoms with van der Waals surface area (Å²) in [6, 6.07) is 0. The predicted octanol–water partition coefficient (Wildman–Crippen LogP) is 2.30. The van der Waals surface area contributed by atoms with Crippen LogP contribution in [0.25, 0.3) is 0 Å². The van der Waals surface area contributed by atoms with E-state index in [2.05, 4.69) is 0 Å². The number of hydrogen-bond donors (Lipinski definition) is 1. The fourth-order valence-corrected chi connectivity index (χ4v) is 3.54. The molecular formula is C12H20O3. The molecule has 0 heterocycles. The minimum atomic E-state index is -0.598. The molecule has 3 nitrogen and oxygen atoms in total. The number of carboxylic acid groups (broad SMARTS) is 1. The second kappa shape index (κ2) is 4.52. The van der Waals surface area contributed by atoms with Crippen LogP contribution in [0.1, 0.15) is 38.5 Å². The Kier molecular flexibility index (Phi) is 3.29. The van der Waals surface area contributed by atoms with Crippen LogP contribution in [0.15, 0.2) is 0 Å². The molecule has 4 atom stereocenters. The highest BCUT2D eigenvalue weighted by Crippen LogP contribution is 2.44. The predicted molar refractivity (Wildman–Crippen MR) is 56.6 cm³/mol. The van der Waals surface area contributed by atoms with E-state index in [0.29, 0.717) is 17.9 Å². The van der Waals surface area contributed by atoms with Crippen molar-refractivity contribution in [3.05, 3.63) is 0 Å². The van der Waals surface area contributed by atoms with Gasteiger partial charge in [-0.05, 0) is 37.5 Å². The van der Waals surface area contributed by atoms with Crippen LogP contribution in [-0.4, -0.2) is 24.3 Å². The molecule has 0 radical (unpaired) electrons. The number of rotatable bonds is 3. The van der Waals surface area contributed by atoms with E-state index in [-0.39, 0.29) is 5.92 Å². The van der Waals surface area contributed by atoms with E-state index < -0.39 is 5.97 Å². The van der Waals surface area contributed by atoms with Gasteiger partial charge in [0, 0.05) is 7.11 Å². The van der Waals surface area contributed by atoms with Crippen LogP contribution in [-0.2, 0) is 9.53 Å². The summed E-state index contributed by atoms with van der Waals surface area (Å²) in [5, 5.41) is 9.16. The number of aliphatic carboxylic acids is 1. The zero-order valence-electron chi connectivity index (χ0n) is 9.32. The first-order chi connectivity index (χ1) is 7.24. The first kappa shape index (κ1) is 10.9. The lowest BCUT2D eigenvalue weighted by Crippen LogP contribution is -2.30. The molecule has 2 rings (SSSR count). The van der Waals surface area contributed by atoms with Gasteiger partial charge in [0.15, 0.2) is 0 Å². The maximum atomic E-state index is 11.1. The first-order valence-electron chi connectivity index (χ1n) is 5.99. The summed E-state index contributed by atoms with van der Waals surface area (Å²) >= 11 is 0. The molecule has 0 amide bonds. The molecule has 3 heteroatoms. The van der Waals surface area contributed by atoms with Crippen molar-refractivity contribution in [2.45, 2.75) is 44.6 Å². The SMILES string of the molecule is COC1CCCC1C1CCCC1C(=O)O. The molecule has 2 fully saturated rings. The second-order valence-corrected chi connectivity index (χ2v) is 4.91. The lowest BCUT2D eigenvalue weighted by atomic mass is 9.81. The molecule has 4 unspecified atom stereocenters. The van der Waals surface area contributed by atoms with Crippen LogP contribution in [0.4, 0.5) is 0 Å². The minimum absolute atomic E-state index is 0.106. The summed E-state index contributed by atoms with van der Waals surface area (Å²) in [5.41, 5.74) is 0. The largest absolute Gasteiger partial charge is 0.481 e. The van der Waals surface area contributed by atoms with Gasteiger partial charge in [-0.25, -0.2) is 0 Å². The van der Waals surface area contributed by atoms with E-state index in [1.54, 1.807) is 7.11 Å². The summed E-state index contributed by atoms with van der Waals surface area (Å²) in [6.07, 6.45) is 6.82. The van der Waals surface area contributed by atoms with Gasteiger partial charge in [0.25, 0.3) is 0 Å². The maximum Gasteiger partial charge on any atom is 0.306 e. The van der Waals surface area contributed by atoms with Gasteiger partial charge in [0.1, 0.15) is 0 Å². The molecule has 0 aromatic carbocycles. The summed E-state index contributed by atoms with van der Waals surface area (Å²) in [4.78, 5) is 11.1. The number of hydrogen-bond acceptors (Lipinski definition) is 2. The van der Waals surface area contributed by atoms with Crippen LogP contribution in [0.3, 0.4) is 0 Å². The van der Waals surface area contributed by atoms with E-state index in [1.807, 2.05) is 0 Å². The normalized spacial score (nSPS) is 40.9. The Balaban J connectivity index is 2.05. The third-order valence-electron chi connectivity index (χ3n) is 4.24. The standard InChI is InChI=1S/C12H20O3/c1-15-11-7-3-5-9(11)8-4-2-6-10(8)12(13)14/h8-11H,2-7H2,1H3,(H,13,14). The third-order valence-corrected chi connectivity index (χ3v) is 4.24. The second-order valence-electron chi connectivity index (χ2n) is 4.91. The van der Waals surface area contributed by atoms with E-state index in [9.17, 15) is 4.79 Å². The Morgan fingerprint density at radius 1 is 1.13 bits per heavy atom. The van der Waals surface area contributed by atoms with Crippen LogP contribution >= 0.6 is 0 Å². The fraction of sp³-hybridized carbons (Fsp3) is 0.917. The summed E-state index contributed by atoms with van der Waals surface area (Å²) in [6.45, 7) is 0. The molecule has 2 aliphatic rings. The van der Waals surface area contributed by atoms with Crippen molar-refractivity contribution in [1.29, 1.82) is 0 Å². The van der Waals surface area contributed by atoms with Gasteiger partial charge >= 0.3 is 5.97 Å². The summed E-state index contributed by atoms with van der Waals surface area (Å²) in [5.74, 6) is 0.165. The molecule has 0 saturated heterocycles. The molecule has 86 valence electrons. The molecule has 2 saturated carbocycles. The van der Waals surface area contributed by atoms with Crippen molar-refractivity contribution in [1.82, 2.24) is 0 Å². The highest BCUT2D eigenvalue weighted by molar-refractivity contribution is 5.70. The van der Waals surface area contributed by atoms with Gasteiger partial charge in [0.05, 0.1) is 12.0 Å². The molecule has 2 aliphatic carbocycles. The van der Waals surface area contributed by atoms with Crippen molar-refractivity contribution >= 4 is 5.97 Å². The van der Waals surface area contributed by atoms with Crippen LogP contribution in [0.2, 0.25) is 0 Å². The van der Waals surface area contributed by atoms with E-state index >= 15 is 0 Å². The van der Waals surface area contributed by atoms with Crippen molar-refractivity contribution in [3.63, 3.8) is 0 Å². The van der Waals surface area contributed by atoms with Gasteiger partial charge in [-0.3, -0.25) is 4.79 Å².